The first-order valence-electron chi connectivity index (χ1n) is 55.1. The van der Waals surface area contributed by atoms with Crippen molar-refractivity contribution in [2.24, 2.45) is 11.8 Å². The predicted molar refractivity (Wildman–Crippen MR) is 564 cm³/mol. The Labute approximate surface area is 797 Å². The summed E-state index contributed by atoms with van der Waals surface area (Å²) in [7, 11) is 0. The third-order valence-corrected chi connectivity index (χ3v) is 24.0. The summed E-state index contributed by atoms with van der Waals surface area (Å²) < 4.78 is 26.0. The second kappa shape index (κ2) is 117. The minimum atomic E-state index is -3.11. The van der Waals surface area contributed by atoms with Crippen molar-refractivity contribution in [1.82, 2.24) is 0 Å². The smallest absolute Gasteiger partial charge is 0.300 e. The summed E-state index contributed by atoms with van der Waals surface area (Å²) in [6.07, 6.45) is 127. The molecule has 0 radical (unpaired) electrons. The zero-order valence-electron chi connectivity index (χ0n) is 87.9. The number of rotatable bonds is 88. The molecule has 9 heteroatoms. The molecule has 0 heterocycles. The molecule has 1 aliphatic carbocycles. The fraction of sp³-hybridized carbons (Fsp3) is 0.807. The summed E-state index contributed by atoms with van der Waals surface area (Å²) in [5.41, 5.74) is 0.789. The molecule has 1 rings (SSSR count). The number of allylic oxidation sites excluding steroid dienone is 15. The summed E-state index contributed by atoms with van der Waals surface area (Å²) in [5, 5.41) is 0. The van der Waals surface area contributed by atoms with Crippen LogP contribution in [0.1, 0.15) is 604 Å². The van der Waals surface area contributed by atoms with Crippen molar-refractivity contribution in [1.29, 1.82) is 0 Å². The molecule has 0 aromatic heterocycles. The highest BCUT2D eigenvalue weighted by molar-refractivity contribution is 5.92. The van der Waals surface area contributed by atoms with Crippen LogP contribution < -0.4 is 0 Å². The number of carbonyl (C=O) groups is 7. The maximum atomic E-state index is 13.0. The van der Waals surface area contributed by atoms with Crippen molar-refractivity contribution >= 4 is 40.5 Å². The summed E-state index contributed by atoms with van der Waals surface area (Å²) in [4.78, 5) is 75.3. The Morgan fingerprint density at radius 2 is 0.438 bits per heavy atom. The molecule has 2 atom stereocenters. The number of hydrogen-bond donors (Lipinski definition) is 0. The fourth-order valence-electron chi connectivity index (χ4n) is 15.0. The number of unbranched alkanes of at least 4 members (excludes halogenated alkanes) is 55. The highest BCUT2D eigenvalue weighted by atomic mass is 19.3. The van der Waals surface area contributed by atoms with E-state index in [9.17, 15) is 42.3 Å². The summed E-state index contributed by atoms with van der Waals surface area (Å²) in [6, 6.07) is 0. The normalized spacial score (nSPS) is 12.9. The van der Waals surface area contributed by atoms with Gasteiger partial charge in [-0.1, -0.05) is 429 Å². The molecule has 0 bridgehead atoms. The number of halogens is 2. The van der Waals surface area contributed by atoms with E-state index in [2.05, 4.69) is 140 Å². The quantitative estimate of drug-likeness (QED) is 0.0257. The van der Waals surface area contributed by atoms with Crippen molar-refractivity contribution in [2.45, 2.75) is 610 Å². The molecule has 0 aliphatic heterocycles. The first kappa shape index (κ1) is 134. The molecule has 1 fully saturated rings. The molecule has 0 aromatic carbocycles. The van der Waals surface area contributed by atoms with E-state index in [4.69, 9.17) is 0 Å². The number of carbonyl (C=O) groups excluding carboxylic acids is 7. The minimum Gasteiger partial charge on any atom is -0.300 e. The molecule has 750 valence electrons. The van der Waals surface area contributed by atoms with Crippen molar-refractivity contribution in [3.8, 4) is 0 Å². The molecule has 128 heavy (non-hydrogen) atoms. The third kappa shape index (κ3) is 135. The van der Waals surface area contributed by atoms with Gasteiger partial charge >= 0.3 is 5.92 Å². The van der Waals surface area contributed by atoms with Crippen molar-refractivity contribution < 1.29 is 42.3 Å². The van der Waals surface area contributed by atoms with Crippen LogP contribution in [0.4, 0.5) is 8.78 Å². The van der Waals surface area contributed by atoms with Gasteiger partial charge in [-0.3, -0.25) is 9.59 Å². The Kier molecular flexibility index (Phi) is 122. The van der Waals surface area contributed by atoms with E-state index in [-0.39, 0.29) is 12.2 Å². The van der Waals surface area contributed by atoms with Crippen molar-refractivity contribution in [3.05, 3.63) is 97.2 Å². The van der Waals surface area contributed by atoms with Crippen LogP contribution >= 0.6 is 0 Å². The molecule has 0 N–H and O–H groups in total. The lowest BCUT2D eigenvalue weighted by Gasteiger charge is -2.11. The fourth-order valence-corrected chi connectivity index (χ4v) is 15.0. The van der Waals surface area contributed by atoms with Gasteiger partial charge in [-0.2, -0.15) is 8.78 Å². The van der Waals surface area contributed by atoms with Crippen LogP contribution in [-0.2, 0) is 33.6 Å². The van der Waals surface area contributed by atoms with Crippen molar-refractivity contribution in [3.63, 3.8) is 0 Å². The van der Waals surface area contributed by atoms with Crippen molar-refractivity contribution in [2.75, 3.05) is 0 Å². The van der Waals surface area contributed by atoms with Gasteiger partial charge in [0.2, 0.25) is 0 Å². The molecular weight excluding hydrogens is 1580 g/mol. The van der Waals surface area contributed by atoms with Gasteiger partial charge in [0.15, 0.2) is 11.6 Å². The summed E-state index contributed by atoms with van der Waals surface area (Å²) >= 11 is 0. The van der Waals surface area contributed by atoms with Gasteiger partial charge in [-0.05, 0) is 239 Å². The van der Waals surface area contributed by atoms with Crippen LogP contribution in [0.15, 0.2) is 97.2 Å². The van der Waals surface area contributed by atoms with Crippen LogP contribution in [0.2, 0.25) is 0 Å². The van der Waals surface area contributed by atoms with Crippen LogP contribution in [0.5, 0.6) is 0 Å². The molecule has 0 spiro atoms. The van der Waals surface area contributed by atoms with Gasteiger partial charge in [0.1, 0.15) is 28.9 Å². The molecule has 0 saturated heterocycles. The number of alkyl halides is 2. The van der Waals surface area contributed by atoms with E-state index in [1.54, 1.807) is 41.5 Å². The molecule has 0 aromatic rings. The van der Waals surface area contributed by atoms with Gasteiger partial charge in [0.05, 0.1) is 0 Å². The average Bonchev–Trinajstić information content (AvgIpc) is 1.70. The second-order valence-corrected chi connectivity index (χ2v) is 37.9. The van der Waals surface area contributed by atoms with E-state index < -0.39 is 11.7 Å². The Morgan fingerprint density at radius 3 is 0.680 bits per heavy atom. The summed E-state index contributed by atoms with van der Waals surface area (Å²) in [5.74, 6) is -0.0811. The lowest BCUT2D eigenvalue weighted by atomic mass is 10.0. The van der Waals surface area contributed by atoms with E-state index in [0.717, 1.165) is 127 Å². The topological polar surface area (TPSA) is 119 Å². The largest absolute Gasteiger partial charge is 0.304 e. The SMILES string of the molecule is C=C(CCCCCCCC/C=C\CCCC)C(C)=O.CCC/C=C/C=C/CCCCCCCCC(C)=O.CCCC/C=C\CCCCCCCC(C)=O.CCCC/C=C\CCCCCCCCC(F)(F)C(C)=O.CCCC/C=C\CCCCCCCCCC(C)=O.CCCCCC/C=C\CCCCCCCC(C)=O.CCCC[C@H]1C[C@H]1CCCCCCCCCC(C)=O. The first-order valence-corrected chi connectivity index (χ1v) is 55.1. The monoisotopic (exact) mass is 1800 g/mol. The molecular formula is C119H218F2O7. The Morgan fingerprint density at radius 1 is 0.234 bits per heavy atom. The maximum absolute atomic E-state index is 13.0. The standard InChI is InChI=1S/C18H34O.C18H32O.C17H30F2O.2C17H32O.C17H30O.C15H28O/c1-3-4-13-17-15-18(17)14-11-9-7-5-6-8-10-12-16(2)19;1-4-5-6-7-8-9-10-11-12-13-14-15-16-17(2)18(3)19;1-3-4-5-6-7-8-9-10-11-12-13-14-15-17(18,19)16(2)20;3*1-3-4-5-6-7-8-9-10-11-12-13-14-15-16-17(2)18;1-3-4-5-6-7-8-9-10-11-12-13-14-15(2)16/h17-18H,3-15H2,1-2H3;7-8H,2,4-6,9-16H2,1,3H3;6-7H,3-5,8-15H2,1-2H3;8-9H,3-7,10-16H2,1-2H3;6-7H,3-5,8-16H2,1-2H3;5-8H,3-4,9-16H2,1-2H3;6-7H,3-5,8-14H2,1-2H3/b;8-7-;7-6-;9-8-;7-6-;6-5+,8-7+;7-6-/t17-,18+;;;;;;/m0....../s1. The number of ketones is 7. The van der Waals surface area contributed by atoms with Gasteiger partial charge in [0, 0.05) is 45.4 Å². The highest BCUT2D eigenvalue weighted by Crippen LogP contribution is 2.45. The van der Waals surface area contributed by atoms with Gasteiger partial charge in [-0.15, -0.1) is 0 Å². The minimum absolute atomic E-state index is 0.148. The molecule has 0 unspecified atom stereocenters. The predicted octanol–water partition coefficient (Wildman–Crippen LogP) is 40.3. The molecule has 1 aliphatic rings. The Hall–Kier alpha value is -4.53. The third-order valence-electron chi connectivity index (χ3n) is 24.0. The number of hydrogen-bond acceptors (Lipinski definition) is 7. The molecule has 1 saturated carbocycles. The lowest BCUT2D eigenvalue weighted by molar-refractivity contribution is -0.141. The summed E-state index contributed by atoms with van der Waals surface area (Å²) in [6.45, 7) is 30.5. The Bertz CT molecular complexity index is 2580. The van der Waals surface area contributed by atoms with E-state index in [1.165, 1.54) is 392 Å². The van der Waals surface area contributed by atoms with E-state index in [1.807, 2.05) is 0 Å². The highest BCUT2D eigenvalue weighted by Gasteiger charge is 2.35. The second-order valence-electron chi connectivity index (χ2n) is 37.9. The van der Waals surface area contributed by atoms with E-state index >= 15 is 0 Å². The number of Topliss-reactive ketones (excluding diaryl/α,β-unsaturated/α-hetero) is 7. The molecule has 7 nitrogen and oxygen atoms in total. The van der Waals surface area contributed by atoms with Crippen LogP contribution in [-0.4, -0.2) is 46.4 Å². The van der Waals surface area contributed by atoms with Gasteiger partial charge in [-0.25, -0.2) is 0 Å². The average molecular weight is 1800 g/mol. The van der Waals surface area contributed by atoms with Crippen LogP contribution in [0.25, 0.3) is 0 Å². The zero-order valence-corrected chi connectivity index (χ0v) is 87.9. The first-order chi connectivity index (χ1) is 62.0. The molecule has 0 amide bonds. The Balaban J connectivity index is -0.000000339. The van der Waals surface area contributed by atoms with E-state index in [0.29, 0.717) is 35.3 Å². The van der Waals surface area contributed by atoms with Crippen LogP contribution in [0.3, 0.4) is 0 Å². The maximum Gasteiger partial charge on any atom is 0.304 e. The zero-order chi connectivity index (χ0) is 96.0. The van der Waals surface area contributed by atoms with Gasteiger partial charge < -0.3 is 24.0 Å². The van der Waals surface area contributed by atoms with Gasteiger partial charge in [0.25, 0.3) is 0 Å². The lowest BCUT2D eigenvalue weighted by Crippen LogP contribution is -2.25. The van der Waals surface area contributed by atoms with Crippen LogP contribution in [0, 0.1) is 11.8 Å².